The van der Waals surface area contributed by atoms with Gasteiger partial charge in [0.1, 0.15) is 9.79 Å². The van der Waals surface area contributed by atoms with Crippen LogP contribution in [0.4, 0.5) is 5.69 Å². The lowest BCUT2D eigenvalue weighted by Crippen LogP contribution is -2.16. The summed E-state index contributed by atoms with van der Waals surface area (Å²) in [7, 11) is -10.6. The highest BCUT2D eigenvalue weighted by Crippen LogP contribution is 2.45. The molecule has 0 unspecified atom stereocenters. The molecular formula is C20H15N7O6S2. The molecule has 0 aliphatic rings. The van der Waals surface area contributed by atoms with Gasteiger partial charge < -0.3 is 5.73 Å². The Morgan fingerprint density at radius 3 is 1.74 bits per heavy atom. The van der Waals surface area contributed by atoms with Crippen molar-refractivity contribution in [2.45, 2.75) is 9.79 Å². The molecule has 13 nitrogen and oxygen atoms in total. The van der Waals surface area contributed by atoms with E-state index in [1.54, 1.807) is 30.3 Å². The van der Waals surface area contributed by atoms with Crippen molar-refractivity contribution in [2.24, 2.45) is 0 Å². The summed E-state index contributed by atoms with van der Waals surface area (Å²) in [6.45, 7) is 0. The molecule has 2 aromatic carbocycles. The second-order valence-corrected chi connectivity index (χ2v) is 9.66. The number of anilines is 1. The van der Waals surface area contributed by atoms with E-state index in [2.05, 4.69) is 30.8 Å². The van der Waals surface area contributed by atoms with Crippen molar-refractivity contribution in [3.63, 3.8) is 0 Å². The maximum absolute atomic E-state index is 12.5. The van der Waals surface area contributed by atoms with Gasteiger partial charge in [-0.2, -0.15) is 16.8 Å². The van der Waals surface area contributed by atoms with Crippen LogP contribution in [0.2, 0.25) is 0 Å². The summed E-state index contributed by atoms with van der Waals surface area (Å²) in [4.78, 5) is -2.38. The maximum atomic E-state index is 12.5. The van der Waals surface area contributed by atoms with Crippen molar-refractivity contribution >= 4 is 38.1 Å². The lowest BCUT2D eigenvalue weighted by atomic mass is 9.93. The predicted octanol–water partition coefficient (Wildman–Crippen LogP) is 1.64. The lowest BCUT2D eigenvalue weighted by Gasteiger charge is -2.20. The molecule has 0 fully saturated rings. The van der Waals surface area contributed by atoms with Crippen LogP contribution in [-0.2, 0) is 20.2 Å². The molecule has 0 amide bonds. The van der Waals surface area contributed by atoms with E-state index in [1.165, 1.54) is 36.7 Å². The predicted molar refractivity (Wildman–Crippen MR) is 123 cm³/mol. The Kier molecular flexibility index (Phi) is 6.31. The Labute approximate surface area is 198 Å². The fraction of sp³-hybridized carbons (Fsp3) is 0. The number of benzene rings is 2. The number of nitrogen functional groups attached to an aromatic ring is 1. The first-order chi connectivity index (χ1) is 16.6. The quantitative estimate of drug-likeness (QED) is 0.190. The summed E-state index contributed by atoms with van der Waals surface area (Å²) in [5.41, 5.74) is 5.44. The number of aromatic nitrogens is 6. The monoisotopic (exact) mass is 513 g/mol. The average Bonchev–Trinajstić information content (AvgIpc) is 2.82. The third-order valence-electron chi connectivity index (χ3n) is 4.76. The molecule has 0 bridgehead atoms. The first-order valence-electron chi connectivity index (χ1n) is 9.56. The van der Waals surface area contributed by atoms with Gasteiger partial charge in [0.2, 0.25) is 0 Å². The van der Waals surface area contributed by atoms with E-state index in [4.69, 9.17) is 5.73 Å². The largest absolute Gasteiger partial charge is 0.397 e. The zero-order valence-corrected chi connectivity index (χ0v) is 19.1. The van der Waals surface area contributed by atoms with Crippen LogP contribution >= 0.6 is 0 Å². The number of hydrogen-bond donors (Lipinski definition) is 3. The number of hydrogen-bond acceptors (Lipinski definition) is 11. The molecule has 178 valence electrons. The van der Waals surface area contributed by atoms with Crippen molar-refractivity contribution in [1.29, 1.82) is 0 Å². The summed E-state index contributed by atoms with van der Waals surface area (Å²) in [5, 5.41) is 22.0. The first kappa shape index (κ1) is 24.0. The molecule has 0 aliphatic carbocycles. The highest BCUT2D eigenvalue weighted by atomic mass is 32.2. The van der Waals surface area contributed by atoms with Crippen molar-refractivity contribution in [2.75, 3.05) is 5.73 Å². The van der Waals surface area contributed by atoms with Crippen molar-refractivity contribution in [3.05, 3.63) is 66.0 Å². The highest BCUT2D eigenvalue weighted by Gasteiger charge is 2.35. The minimum atomic E-state index is -5.29. The van der Waals surface area contributed by atoms with Crippen LogP contribution in [-0.4, -0.2) is 56.8 Å². The van der Waals surface area contributed by atoms with Gasteiger partial charge in [-0.05, 0) is 28.1 Å². The summed E-state index contributed by atoms with van der Waals surface area (Å²) in [6.07, 6.45) is 5.21. The molecular weight excluding hydrogens is 498 g/mol. The molecule has 4 aromatic rings. The van der Waals surface area contributed by atoms with Crippen LogP contribution in [0.25, 0.3) is 34.7 Å². The number of rotatable bonds is 6. The molecule has 0 atom stereocenters. The van der Waals surface area contributed by atoms with Gasteiger partial charge in [0, 0.05) is 16.7 Å². The maximum Gasteiger partial charge on any atom is 0.298 e. The van der Waals surface area contributed by atoms with Crippen molar-refractivity contribution in [3.8, 4) is 22.5 Å². The fourth-order valence-electron chi connectivity index (χ4n) is 3.44. The van der Waals surface area contributed by atoms with E-state index in [0.29, 0.717) is 5.56 Å². The molecule has 0 saturated carbocycles. The topological polar surface area (TPSA) is 212 Å². The van der Waals surface area contributed by atoms with E-state index in [0.717, 1.165) is 0 Å². The van der Waals surface area contributed by atoms with Gasteiger partial charge in [0.25, 0.3) is 20.2 Å². The molecule has 0 aliphatic heterocycles. The van der Waals surface area contributed by atoms with Crippen molar-refractivity contribution in [1.82, 2.24) is 30.8 Å². The van der Waals surface area contributed by atoms with Crippen LogP contribution in [0.15, 0.2) is 64.6 Å². The van der Waals surface area contributed by atoms with Gasteiger partial charge in [-0.25, -0.2) is 0 Å². The lowest BCUT2D eigenvalue weighted by molar-refractivity contribution is 0.467. The van der Waals surface area contributed by atoms with Crippen LogP contribution < -0.4 is 5.73 Å². The second-order valence-electron chi connectivity index (χ2n) is 6.94. The minimum absolute atomic E-state index is 0.0137. The van der Waals surface area contributed by atoms with Gasteiger partial charge in [-0.15, -0.1) is 20.4 Å². The first-order valence-corrected chi connectivity index (χ1v) is 12.4. The van der Waals surface area contributed by atoms with Gasteiger partial charge in [-0.1, -0.05) is 42.5 Å². The Morgan fingerprint density at radius 2 is 1.26 bits per heavy atom. The third kappa shape index (κ3) is 4.87. The molecule has 15 heteroatoms. The van der Waals surface area contributed by atoms with E-state index >= 15 is 0 Å². The van der Waals surface area contributed by atoms with E-state index < -0.39 is 35.7 Å². The van der Waals surface area contributed by atoms with Gasteiger partial charge >= 0.3 is 0 Å². The molecule has 2 heterocycles. The summed E-state index contributed by atoms with van der Waals surface area (Å²) in [5.74, 6) is 0. The van der Waals surface area contributed by atoms with Gasteiger partial charge in [0.15, 0.2) is 0 Å². The fourth-order valence-corrected chi connectivity index (χ4v) is 5.59. The van der Waals surface area contributed by atoms with Crippen LogP contribution in [0.3, 0.4) is 0 Å². The SMILES string of the molecule is Nc1c(-c2ccnnn2)c(-c2ccnnn2)c(C=Cc2ccccc2)c(S(=O)(=O)O)c1S(=O)(=O)O. The molecule has 0 radical (unpaired) electrons. The second kappa shape index (κ2) is 9.22. The van der Waals surface area contributed by atoms with E-state index in [9.17, 15) is 25.9 Å². The highest BCUT2D eigenvalue weighted by molar-refractivity contribution is 7.89. The molecule has 2 aromatic heterocycles. The standard InChI is InChI=1S/C20H15N7O6S2/c21-18-17(15-9-11-23-27-25-15)16(14-8-10-22-26-24-14)13(7-6-12-4-2-1-3-5-12)19(34(28,29)30)20(18)35(31,32)33/h1-11H,21H2,(H,28,29,30)(H,31,32,33). The van der Waals surface area contributed by atoms with Gasteiger partial charge in [-0.3, -0.25) is 9.11 Å². The number of nitrogens with zero attached hydrogens (tertiary/aromatic N) is 6. The molecule has 0 saturated heterocycles. The molecule has 35 heavy (non-hydrogen) atoms. The Balaban J connectivity index is 2.28. The minimum Gasteiger partial charge on any atom is -0.397 e. The molecule has 4 rings (SSSR count). The summed E-state index contributed by atoms with van der Waals surface area (Å²) in [6, 6.07) is 11.3. The smallest absolute Gasteiger partial charge is 0.298 e. The van der Waals surface area contributed by atoms with E-state index in [1.807, 2.05) is 0 Å². The van der Waals surface area contributed by atoms with Crippen LogP contribution in [0.5, 0.6) is 0 Å². The zero-order valence-electron chi connectivity index (χ0n) is 17.5. The Morgan fingerprint density at radius 1 is 0.714 bits per heavy atom. The molecule has 4 N–H and O–H groups in total. The third-order valence-corrected chi connectivity index (χ3v) is 6.77. The Bertz CT molecular complexity index is 1630. The van der Waals surface area contributed by atoms with Crippen molar-refractivity contribution < 1.29 is 25.9 Å². The molecule has 0 spiro atoms. The van der Waals surface area contributed by atoms with Gasteiger partial charge in [0.05, 0.1) is 29.5 Å². The Hall–Kier alpha value is -4.18. The van der Waals surface area contributed by atoms with Crippen LogP contribution in [0.1, 0.15) is 11.1 Å². The summed E-state index contributed by atoms with van der Waals surface area (Å²) >= 11 is 0. The normalized spacial score (nSPS) is 12.2. The number of nitrogens with two attached hydrogens (primary N) is 1. The summed E-state index contributed by atoms with van der Waals surface area (Å²) < 4.78 is 69.8. The van der Waals surface area contributed by atoms with E-state index in [-0.39, 0.29) is 28.1 Å². The van der Waals surface area contributed by atoms with Crippen LogP contribution in [0, 0.1) is 0 Å². The average molecular weight is 514 g/mol. The zero-order chi connectivity index (χ0) is 25.2.